The molecule has 0 aromatic heterocycles. The predicted molar refractivity (Wildman–Crippen MR) is 57.2 cm³/mol. The third kappa shape index (κ3) is 3.19. The topological polar surface area (TPSA) is 27.6 Å². The molecule has 3 heteroatoms. The van der Waals surface area contributed by atoms with Crippen LogP contribution in [0.2, 0.25) is 0 Å². The van der Waals surface area contributed by atoms with Crippen molar-refractivity contribution in [3.05, 3.63) is 11.8 Å². The third-order valence-electron chi connectivity index (χ3n) is 2.18. The molecule has 1 rings (SSSR count). The van der Waals surface area contributed by atoms with Crippen molar-refractivity contribution in [3.63, 3.8) is 0 Å². The van der Waals surface area contributed by atoms with Crippen LogP contribution in [0.3, 0.4) is 0 Å². The van der Waals surface area contributed by atoms with Gasteiger partial charge in [0.25, 0.3) is 0 Å². The highest BCUT2D eigenvalue weighted by Gasteiger charge is 2.09. The number of rotatable bonds is 3. The maximum absolute atomic E-state index is 4.26. The SMILES string of the molecule is CC=C(C=NCC)N1CCNCC1. The summed E-state index contributed by atoms with van der Waals surface area (Å²) in [4.78, 5) is 6.63. The first-order chi connectivity index (χ1) is 6.38. The number of piperazine rings is 1. The Kier molecular flexibility index (Phi) is 4.54. The Morgan fingerprint density at radius 1 is 1.46 bits per heavy atom. The molecule has 1 aliphatic rings. The maximum Gasteiger partial charge on any atom is 0.0505 e. The molecule has 0 aromatic rings. The van der Waals surface area contributed by atoms with Crippen LogP contribution < -0.4 is 5.32 Å². The fraction of sp³-hybridized carbons (Fsp3) is 0.700. The van der Waals surface area contributed by atoms with Crippen LogP contribution in [0.4, 0.5) is 0 Å². The molecule has 1 heterocycles. The third-order valence-corrected chi connectivity index (χ3v) is 2.18. The number of nitrogens with one attached hydrogen (secondary N) is 1. The van der Waals surface area contributed by atoms with Gasteiger partial charge in [-0.25, -0.2) is 0 Å². The molecule has 0 bridgehead atoms. The molecular weight excluding hydrogens is 162 g/mol. The van der Waals surface area contributed by atoms with Gasteiger partial charge in [0.2, 0.25) is 0 Å². The van der Waals surface area contributed by atoms with E-state index in [1.165, 1.54) is 5.70 Å². The standard InChI is InChI=1S/C10H19N3/c1-3-10(9-11-4-2)13-7-5-12-6-8-13/h3,9,12H,4-8H2,1-2H3. The van der Waals surface area contributed by atoms with E-state index in [0.717, 1.165) is 32.7 Å². The van der Waals surface area contributed by atoms with Crippen LogP contribution in [0.5, 0.6) is 0 Å². The second-order valence-corrected chi connectivity index (χ2v) is 3.08. The van der Waals surface area contributed by atoms with Crippen molar-refractivity contribution in [2.24, 2.45) is 4.99 Å². The lowest BCUT2D eigenvalue weighted by atomic mass is 10.3. The van der Waals surface area contributed by atoms with Crippen molar-refractivity contribution in [3.8, 4) is 0 Å². The van der Waals surface area contributed by atoms with Gasteiger partial charge in [0.15, 0.2) is 0 Å². The van der Waals surface area contributed by atoms with Gasteiger partial charge >= 0.3 is 0 Å². The zero-order valence-electron chi connectivity index (χ0n) is 8.58. The molecule has 0 aliphatic carbocycles. The average molecular weight is 181 g/mol. The van der Waals surface area contributed by atoms with Crippen LogP contribution in [0.15, 0.2) is 16.8 Å². The number of hydrogen-bond donors (Lipinski definition) is 1. The highest BCUT2D eigenvalue weighted by atomic mass is 15.2. The van der Waals surface area contributed by atoms with Gasteiger partial charge in [0, 0.05) is 38.9 Å². The number of nitrogens with zero attached hydrogens (tertiary/aromatic N) is 2. The Bertz CT molecular complexity index is 190. The quantitative estimate of drug-likeness (QED) is 0.655. The molecule has 1 N–H and O–H groups in total. The van der Waals surface area contributed by atoms with Gasteiger partial charge < -0.3 is 10.2 Å². The van der Waals surface area contributed by atoms with Crippen LogP contribution in [0, 0.1) is 0 Å². The number of allylic oxidation sites excluding steroid dienone is 2. The van der Waals surface area contributed by atoms with Crippen LogP contribution >= 0.6 is 0 Å². The van der Waals surface area contributed by atoms with E-state index in [1.807, 2.05) is 6.21 Å². The monoisotopic (exact) mass is 181 g/mol. The lowest BCUT2D eigenvalue weighted by Crippen LogP contribution is -2.43. The first-order valence-electron chi connectivity index (χ1n) is 5.00. The molecule has 3 nitrogen and oxygen atoms in total. The largest absolute Gasteiger partial charge is 0.368 e. The molecular formula is C10H19N3. The maximum atomic E-state index is 4.26. The van der Waals surface area contributed by atoms with Crippen molar-refractivity contribution < 1.29 is 0 Å². The van der Waals surface area contributed by atoms with E-state index in [-0.39, 0.29) is 0 Å². The summed E-state index contributed by atoms with van der Waals surface area (Å²) in [7, 11) is 0. The summed E-state index contributed by atoms with van der Waals surface area (Å²) < 4.78 is 0. The minimum Gasteiger partial charge on any atom is -0.368 e. The van der Waals surface area contributed by atoms with E-state index in [1.54, 1.807) is 0 Å². The Morgan fingerprint density at radius 2 is 2.15 bits per heavy atom. The van der Waals surface area contributed by atoms with E-state index in [9.17, 15) is 0 Å². The minimum atomic E-state index is 0.865. The zero-order chi connectivity index (χ0) is 9.52. The molecule has 1 aliphatic heterocycles. The van der Waals surface area contributed by atoms with Crippen LogP contribution in [0.25, 0.3) is 0 Å². The second-order valence-electron chi connectivity index (χ2n) is 3.08. The summed E-state index contributed by atoms with van der Waals surface area (Å²) in [6.07, 6.45) is 4.11. The Labute approximate surface area is 80.5 Å². The molecule has 13 heavy (non-hydrogen) atoms. The van der Waals surface area contributed by atoms with Gasteiger partial charge in [-0.1, -0.05) is 6.08 Å². The molecule has 0 atom stereocenters. The molecule has 1 saturated heterocycles. The molecule has 0 unspecified atom stereocenters. The van der Waals surface area contributed by atoms with Crippen LogP contribution in [-0.2, 0) is 0 Å². The molecule has 0 aromatic carbocycles. The lowest BCUT2D eigenvalue weighted by Gasteiger charge is -2.29. The normalized spacial score (nSPS) is 19.8. The van der Waals surface area contributed by atoms with E-state index >= 15 is 0 Å². The summed E-state index contributed by atoms with van der Waals surface area (Å²) in [5.41, 5.74) is 1.25. The number of aliphatic imine (C=N–C) groups is 1. The fourth-order valence-electron chi connectivity index (χ4n) is 1.45. The van der Waals surface area contributed by atoms with Crippen molar-refractivity contribution in [2.75, 3.05) is 32.7 Å². The smallest absolute Gasteiger partial charge is 0.0505 e. The molecule has 0 radical (unpaired) electrons. The summed E-state index contributed by atoms with van der Waals surface area (Å²) in [5, 5.41) is 3.34. The minimum absolute atomic E-state index is 0.865. The van der Waals surface area contributed by atoms with E-state index in [2.05, 4.69) is 35.1 Å². The van der Waals surface area contributed by atoms with Gasteiger partial charge in [-0.05, 0) is 13.8 Å². The molecule has 74 valence electrons. The zero-order valence-corrected chi connectivity index (χ0v) is 8.58. The second kappa shape index (κ2) is 5.75. The highest BCUT2D eigenvalue weighted by molar-refractivity contribution is 5.77. The number of hydrogen-bond acceptors (Lipinski definition) is 3. The van der Waals surface area contributed by atoms with Crippen molar-refractivity contribution in [1.29, 1.82) is 0 Å². The molecule has 1 fully saturated rings. The summed E-state index contributed by atoms with van der Waals surface area (Å²) in [6, 6.07) is 0. The summed E-state index contributed by atoms with van der Waals surface area (Å²) >= 11 is 0. The van der Waals surface area contributed by atoms with Gasteiger partial charge in [0.1, 0.15) is 0 Å². The van der Waals surface area contributed by atoms with E-state index in [0.29, 0.717) is 0 Å². The van der Waals surface area contributed by atoms with Gasteiger partial charge in [-0.15, -0.1) is 0 Å². The van der Waals surface area contributed by atoms with Crippen LogP contribution in [0.1, 0.15) is 13.8 Å². The first-order valence-corrected chi connectivity index (χ1v) is 5.00. The van der Waals surface area contributed by atoms with E-state index < -0.39 is 0 Å². The Balaban J connectivity index is 2.50. The van der Waals surface area contributed by atoms with Crippen LogP contribution in [-0.4, -0.2) is 43.8 Å². The fourth-order valence-corrected chi connectivity index (χ4v) is 1.45. The van der Waals surface area contributed by atoms with Gasteiger partial charge in [0.05, 0.1) is 5.70 Å². The van der Waals surface area contributed by atoms with Crippen molar-refractivity contribution >= 4 is 6.21 Å². The molecule has 0 saturated carbocycles. The summed E-state index contributed by atoms with van der Waals surface area (Å²) in [5.74, 6) is 0. The van der Waals surface area contributed by atoms with E-state index in [4.69, 9.17) is 0 Å². The average Bonchev–Trinajstić information content (AvgIpc) is 2.21. The first kappa shape index (κ1) is 10.3. The highest BCUT2D eigenvalue weighted by Crippen LogP contribution is 2.02. The predicted octanol–water partition coefficient (Wildman–Crippen LogP) is 0.886. The van der Waals surface area contributed by atoms with Crippen molar-refractivity contribution in [2.45, 2.75) is 13.8 Å². The van der Waals surface area contributed by atoms with Gasteiger partial charge in [-0.3, -0.25) is 4.99 Å². The molecule has 0 spiro atoms. The summed E-state index contributed by atoms with van der Waals surface area (Å²) in [6.45, 7) is 9.34. The van der Waals surface area contributed by atoms with Crippen molar-refractivity contribution in [1.82, 2.24) is 10.2 Å². The Hall–Kier alpha value is -0.830. The lowest BCUT2D eigenvalue weighted by molar-refractivity contribution is 0.312. The van der Waals surface area contributed by atoms with Gasteiger partial charge in [-0.2, -0.15) is 0 Å². The molecule has 0 amide bonds. The Morgan fingerprint density at radius 3 is 2.69 bits per heavy atom.